The Hall–Kier alpha value is -0.590. The fraction of sp³-hybridized carbons (Fsp3) is 0.500. The third-order valence-corrected chi connectivity index (χ3v) is 2.01. The summed E-state index contributed by atoms with van der Waals surface area (Å²) in [6.07, 6.45) is 1.69. The summed E-state index contributed by atoms with van der Waals surface area (Å²) in [5, 5.41) is 2.82. The van der Waals surface area contributed by atoms with Gasteiger partial charge in [-0.05, 0) is 29.5 Å². The van der Waals surface area contributed by atoms with E-state index in [4.69, 9.17) is 4.74 Å². The lowest BCUT2D eigenvalue weighted by Crippen LogP contribution is -2.18. The summed E-state index contributed by atoms with van der Waals surface area (Å²) in [5.74, 6) is -0.388. The molecular weight excluding hydrogens is 283 g/mol. The molecule has 0 aliphatic rings. The maximum absolute atomic E-state index is 11.3. The molecule has 0 bridgehead atoms. The fourth-order valence-electron chi connectivity index (χ4n) is 0.690. The highest BCUT2D eigenvalue weighted by Gasteiger charge is 2.14. The van der Waals surface area contributed by atoms with Crippen LogP contribution in [0.4, 0.5) is 0 Å². The van der Waals surface area contributed by atoms with Gasteiger partial charge in [-0.15, -0.1) is 0 Å². The number of nitrogens with zero attached hydrogens (tertiary/aromatic N) is 1. The van der Waals surface area contributed by atoms with Crippen LogP contribution in [0.2, 0.25) is 0 Å². The van der Waals surface area contributed by atoms with Crippen LogP contribution in [0.15, 0.2) is 14.8 Å². The van der Waals surface area contributed by atoms with Crippen LogP contribution >= 0.6 is 22.6 Å². The van der Waals surface area contributed by atoms with Crippen LogP contribution < -0.4 is 5.32 Å². The zero-order valence-corrected chi connectivity index (χ0v) is 10.1. The van der Waals surface area contributed by atoms with Gasteiger partial charge in [0, 0.05) is 20.3 Å². The van der Waals surface area contributed by atoms with Gasteiger partial charge in [-0.1, -0.05) is 0 Å². The molecule has 4 nitrogen and oxygen atoms in total. The average molecular weight is 296 g/mol. The van der Waals surface area contributed by atoms with Crippen molar-refractivity contribution >= 4 is 34.3 Å². The smallest absolute Gasteiger partial charge is 0.357 e. The lowest BCUT2D eigenvalue weighted by Gasteiger charge is -2.03. The summed E-state index contributed by atoms with van der Waals surface area (Å²) in [6.45, 7) is 2.13. The van der Waals surface area contributed by atoms with Crippen molar-refractivity contribution in [1.29, 1.82) is 0 Å². The molecule has 5 heteroatoms. The molecule has 0 aliphatic heterocycles. The van der Waals surface area contributed by atoms with Crippen molar-refractivity contribution in [2.75, 3.05) is 20.7 Å². The summed E-state index contributed by atoms with van der Waals surface area (Å²) >= 11 is 2.03. The molecule has 0 amide bonds. The highest BCUT2D eigenvalue weighted by molar-refractivity contribution is 14.1. The third-order valence-electron chi connectivity index (χ3n) is 1.19. The number of halogens is 1. The van der Waals surface area contributed by atoms with Crippen LogP contribution in [-0.2, 0) is 9.53 Å². The maximum Gasteiger partial charge on any atom is 0.357 e. The van der Waals surface area contributed by atoms with Crippen LogP contribution in [0.1, 0.15) is 6.92 Å². The Morgan fingerprint density at radius 2 is 2.31 bits per heavy atom. The number of carbonyl (C=O) groups excluding carboxylic acids is 1. The summed E-state index contributed by atoms with van der Waals surface area (Å²) in [4.78, 5) is 15.1. The largest absolute Gasteiger partial charge is 0.461 e. The third kappa shape index (κ3) is 4.25. The molecule has 0 aromatic rings. The van der Waals surface area contributed by atoms with Crippen LogP contribution in [0.5, 0.6) is 0 Å². The highest BCUT2D eigenvalue weighted by atomic mass is 127. The molecule has 0 saturated carbocycles. The number of esters is 1. The van der Waals surface area contributed by atoms with Crippen molar-refractivity contribution in [2.24, 2.45) is 4.99 Å². The Balaban J connectivity index is 4.53. The molecular formula is C8H13IN2O2. The van der Waals surface area contributed by atoms with Gasteiger partial charge >= 0.3 is 5.97 Å². The second kappa shape index (κ2) is 6.88. The molecule has 0 atom stereocenters. The number of aliphatic imine (C=N–C) groups is 1. The van der Waals surface area contributed by atoms with E-state index in [1.807, 2.05) is 22.6 Å². The van der Waals surface area contributed by atoms with Crippen molar-refractivity contribution in [1.82, 2.24) is 5.32 Å². The van der Waals surface area contributed by atoms with E-state index in [9.17, 15) is 4.79 Å². The average Bonchev–Trinajstić information content (AvgIpc) is 2.06. The maximum atomic E-state index is 11.3. The Morgan fingerprint density at radius 3 is 2.69 bits per heavy atom. The van der Waals surface area contributed by atoms with Crippen molar-refractivity contribution < 1.29 is 9.53 Å². The van der Waals surface area contributed by atoms with Crippen LogP contribution in [0, 0.1) is 0 Å². The van der Waals surface area contributed by atoms with E-state index in [1.165, 1.54) is 0 Å². The minimum atomic E-state index is -0.388. The first-order valence-electron chi connectivity index (χ1n) is 3.84. The van der Waals surface area contributed by atoms with Gasteiger partial charge < -0.3 is 10.1 Å². The van der Waals surface area contributed by atoms with Gasteiger partial charge in [0.1, 0.15) is 0 Å². The molecule has 0 aliphatic carbocycles. The van der Waals surface area contributed by atoms with Gasteiger partial charge in [0.05, 0.1) is 10.2 Å². The summed E-state index contributed by atoms with van der Waals surface area (Å²) in [6, 6.07) is 0. The number of hydrogen-bond donors (Lipinski definition) is 1. The van der Waals surface area contributed by atoms with E-state index in [1.54, 1.807) is 27.2 Å². The van der Waals surface area contributed by atoms with Gasteiger partial charge in [0.25, 0.3) is 0 Å². The minimum Gasteiger partial charge on any atom is -0.461 e. The van der Waals surface area contributed by atoms with Gasteiger partial charge in [0.15, 0.2) is 5.71 Å². The molecule has 0 aromatic carbocycles. The molecule has 0 spiro atoms. The number of hydrogen-bond acceptors (Lipinski definition) is 4. The fourth-order valence-corrected chi connectivity index (χ4v) is 1.46. The standard InChI is InChI=1S/C8H13IN2O2/c1-4-13-8(12)7(11-3)6(9)5-10-2/h5,10H,4H2,1-3H3/b6-5+,11-7+. The predicted molar refractivity (Wildman–Crippen MR) is 61.2 cm³/mol. The predicted octanol–water partition coefficient (Wildman–Crippen LogP) is 1.12. The normalized spacial score (nSPS) is 12.6. The zero-order valence-electron chi connectivity index (χ0n) is 7.93. The van der Waals surface area contributed by atoms with E-state index in [-0.39, 0.29) is 5.97 Å². The lowest BCUT2D eigenvalue weighted by molar-refractivity contribution is -0.134. The number of rotatable bonds is 4. The van der Waals surface area contributed by atoms with Gasteiger partial charge in [-0.3, -0.25) is 4.99 Å². The second-order valence-corrected chi connectivity index (χ2v) is 3.24. The molecule has 0 aromatic heterocycles. The first-order chi connectivity index (χ1) is 6.17. The quantitative estimate of drug-likeness (QED) is 0.480. The molecule has 0 unspecified atom stereocenters. The monoisotopic (exact) mass is 296 g/mol. The Labute approximate surface area is 91.6 Å². The second-order valence-electron chi connectivity index (χ2n) is 2.07. The molecule has 0 heterocycles. The highest BCUT2D eigenvalue weighted by Crippen LogP contribution is 2.08. The Bertz CT molecular complexity index is 236. The summed E-state index contributed by atoms with van der Waals surface area (Å²) in [5.41, 5.74) is 0.344. The first-order valence-corrected chi connectivity index (χ1v) is 4.92. The minimum absolute atomic E-state index is 0.344. The molecule has 13 heavy (non-hydrogen) atoms. The van der Waals surface area contributed by atoms with Crippen molar-refractivity contribution in [3.63, 3.8) is 0 Å². The molecule has 1 N–H and O–H groups in total. The van der Waals surface area contributed by atoms with Gasteiger partial charge in [-0.2, -0.15) is 0 Å². The van der Waals surface area contributed by atoms with Crippen LogP contribution in [0.25, 0.3) is 0 Å². The van der Waals surface area contributed by atoms with E-state index < -0.39 is 0 Å². The van der Waals surface area contributed by atoms with Gasteiger partial charge in [0.2, 0.25) is 0 Å². The molecule has 0 radical (unpaired) electrons. The van der Waals surface area contributed by atoms with Crippen molar-refractivity contribution in [3.05, 3.63) is 9.78 Å². The van der Waals surface area contributed by atoms with E-state index in [0.29, 0.717) is 12.3 Å². The van der Waals surface area contributed by atoms with E-state index in [2.05, 4.69) is 10.3 Å². The number of carbonyl (C=O) groups is 1. The number of nitrogens with one attached hydrogen (secondary N) is 1. The van der Waals surface area contributed by atoms with Crippen LogP contribution in [-0.4, -0.2) is 32.4 Å². The summed E-state index contributed by atoms with van der Waals surface area (Å²) < 4.78 is 5.56. The molecule has 74 valence electrons. The first kappa shape index (κ1) is 12.4. The van der Waals surface area contributed by atoms with Crippen LogP contribution in [0.3, 0.4) is 0 Å². The lowest BCUT2D eigenvalue weighted by atomic mass is 10.3. The van der Waals surface area contributed by atoms with E-state index >= 15 is 0 Å². The SMILES string of the molecule is CCOC(=O)C(=N/C)/C(I)=C\NC. The number of ether oxygens (including phenoxy) is 1. The van der Waals surface area contributed by atoms with Crippen molar-refractivity contribution in [3.8, 4) is 0 Å². The molecule has 0 fully saturated rings. The van der Waals surface area contributed by atoms with Crippen molar-refractivity contribution in [2.45, 2.75) is 6.92 Å². The van der Waals surface area contributed by atoms with Gasteiger partial charge in [-0.25, -0.2) is 4.79 Å². The molecule has 0 saturated heterocycles. The summed E-state index contributed by atoms with van der Waals surface area (Å²) in [7, 11) is 3.32. The zero-order chi connectivity index (χ0) is 10.3. The topological polar surface area (TPSA) is 50.7 Å². The van der Waals surface area contributed by atoms with E-state index in [0.717, 1.165) is 3.58 Å². The Morgan fingerprint density at radius 1 is 1.69 bits per heavy atom. The Kier molecular flexibility index (Phi) is 6.56. The molecule has 0 rings (SSSR count).